The van der Waals surface area contributed by atoms with Gasteiger partial charge in [0.25, 0.3) is 0 Å². The van der Waals surface area contributed by atoms with E-state index in [2.05, 4.69) is 10.3 Å². The van der Waals surface area contributed by atoms with Crippen molar-refractivity contribution in [3.63, 3.8) is 0 Å². The fraction of sp³-hybridized carbons (Fsp3) is 0.167. The van der Waals surface area contributed by atoms with Crippen molar-refractivity contribution in [3.8, 4) is 11.3 Å². The molecule has 0 spiro atoms. The Kier molecular flexibility index (Phi) is 5.16. The monoisotopic (exact) mass is 365 g/mol. The Bertz CT molecular complexity index is 625. The minimum Gasteiger partial charge on any atom is -0.445 e. The van der Waals surface area contributed by atoms with E-state index >= 15 is 0 Å². The van der Waals surface area contributed by atoms with E-state index in [1.54, 1.807) is 17.5 Å². The molecule has 0 bridgehead atoms. The predicted octanol–water partition coefficient (Wildman–Crippen LogP) is 4.31. The lowest BCUT2D eigenvalue weighted by molar-refractivity contribution is 0.164. The average molecular weight is 367 g/mol. The number of hydrogen-bond acceptors (Lipinski definition) is 5. The van der Waals surface area contributed by atoms with Gasteiger partial charge >= 0.3 is 6.09 Å². The van der Waals surface area contributed by atoms with Crippen molar-refractivity contribution >= 4 is 63.1 Å². The molecule has 112 valence electrons. The average Bonchev–Trinajstić information content (AvgIpc) is 2.85. The molecule has 0 aliphatic rings. The summed E-state index contributed by atoms with van der Waals surface area (Å²) in [6.07, 6.45) is -0.737. The second-order valence-corrected chi connectivity index (χ2v) is 7.35. The van der Waals surface area contributed by atoms with E-state index in [0.29, 0.717) is 10.8 Å². The molecule has 2 rings (SSSR count). The van der Waals surface area contributed by atoms with E-state index in [1.807, 2.05) is 12.1 Å². The topological polar surface area (TPSA) is 77.2 Å². The van der Waals surface area contributed by atoms with Gasteiger partial charge in [0.05, 0.1) is 5.69 Å². The Morgan fingerprint density at radius 3 is 2.62 bits per heavy atom. The highest BCUT2D eigenvalue weighted by atomic mass is 35.6. The summed E-state index contributed by atoms with van der Waals surface area (Å²) in [6, 6.07) is 7.23. The maximum absolute atomic E-state index is 11.5. The van der Waals surface area contributed by atoms with Gasteiger partial charge in [-0.25, -0.2) is 9.78 Å². The molecule has 0 saturated heterocycles. The first-order chi connectivity index (χ1) is 9.83. The fourth-order valence-corrected chi connectivity index (χ4v) is 2.26. The number of rotatable bonds is 3. The van der Waals surface area contributed by atoms with Gasteiger partial charge in [-0.3, -0.25) is 5.32 Å². The molecule has 3 N–H and O–H groups in total. The van der Waals surface area contributed by atoms with Crippen LogP contribution in [0.15, 0.2) is 29.6 Å². The summed E-state index contributed by atoms with van der Waals surface area (Å²) in [5.41, 5.74) is 7.90. The van der Waals surface area contributed by atoms with E-state index in [1.165, 1.54) is 11.3 Å². The standard InChI is InChI=1S/C12H10Cl3N3O2S/c13-12(14,15)6-20-11(19)18-10-17-9(5-21-10)7-1-3-8(16)4-2-7/h1-5H,6,16H2,(H,17,18,19). The zero-order valence-corrected chi connectivity index (χ0v) is 13.6. The Morgan fingerprint density at radius 2 is 2.00 bits per heavy atom. The molecule has 1 amide bonds. The summed E-state index contributed by atoms with van der Waals surface area (Å²) in [7, 11) is 0. The van der Waals surface area contributed by atoms with Gasteiger partial charge < -0.3 is 10.5 Å². The number of ether oxygens (including phenoxy) is 1. The summed E-state index contributed by atoms with van der Waals surface area (Å²) in [4.78, 5) is 15.8. The molecule has 0 fully saturated rings. The zero-order valence-electron chi connectivity index (χ0n) is 10.5. The molecule has 5 nitrogen and oxygen atoms in total. The number of carbonyl (C=O) groups is 1. The van der Waals surface area contributed by atoms with Gasteiger partial charge in [0.1, 0.15) is 6.61 Å². The molecule has 2 aromatic rings. The van der Waals surface area contributed by atoms with Crippen molar-refractivity contribution in [1.82, 2.24) is 4.98 Å². The number of amides is 1. The van der Waals surface area contributed by atoms with Crippen LogP contribution in [0, 0.1) is 0 Å². The molecule has 0 radical (unpaired) electrons. The number of hydrogen-bond donors (Lipinski definition) is 2. The highest BCUT2D eigenvalue weighted by molar-refractivity contribution is 7.14. The lowest BCUT2D eigenvalue weighted by Gasteiger charge is -2.10. The van der Waals surface area contributed by atoms with Crippen LogP contribution in [0.2, 0.25) is 0 Å². The molecule has 1 aromatic carbocycles. The van der Waals surface area contributed by atoms with Gasteiger partial charge in [-0.2, -0.15) is 0 Å². The molecule has 21 heavy (non-hydrogen) atoms. The summed E-state index contributed by atoms with van der Waals surface area (Å²) in [5.74, 6) is 0. The first-order valence-corrected chi connectivity index (χ1v) is 7.67. The molecule has 1 heterocycles. The van der Waals surface area contributed by atoms with Crippen molar-refractivity contribution < 1.29 is 9.53 Å². The second kappa shape index (κ2) is 6.70. The fourth-order valence-electron chi connectivity index (χ4n) is 1.39. The number of halogens is 3. The quantitative estimate of drug-likeness (QED) is 0.627. The van der Waals surface area contributed by atoms with Gasteiger partial charge in [-0.05, 0) is 12.1 Å². The summed E-state index contributed by atoms with van der Waals surface area (Å²) in [5, 5.41) is 4.65. The second-order valence-electron chi connectivity index (χ2n) is 3.98. The van der Waals surface area contributed by atoms with E-state index in [4.69, 9.17) is 45.3 Å². The predicted molar refractivity (Wildman–Crippen MR) is 87.2 cm³/mol. The van der Waals surface area contributed by atoms with Crippen molar-refractivity contribution in [1.29, 1.82) is 0 Å². The van der Waals surface area contributed by atoms with Crippen LogP contribution >= 0.6 is 46.1 Å². The van der Waals surface area contributed by atoms with Crippen LogP contribution in [0.4, 0.5) is 15.6 Å². The number of benzene rings is 1. The smallest absolute Gasteiger partial charge is 0.413 e. The minimum atomic E-state index is -1.64. The number of aromatic nitrogens is 1. The maximum atomic E-state index is 11.5. The number of nitrogens with two attached hydrogens (primary N) is 1. The number of nitrogens with one attached hydrogen (secondary N) is 1. The Hall–Kier alpha value is -1.21. The van der Waals surface area contributed by atoms with Gasteiger partial charge in [-0.15, -0.1) is 11.3 Å². The van der Waals surface area contributed by atoms with Crippen LogP contribution in [0.5, 0.6) is 0 Å². The summed E-state index contributed by atoms with van der Waals surface area (Å²) in [6.45, 7) is -0.348. The van der Waals surface area contributed by atoms with Crippen molar-refractivity contribution in [2.24, 2.45) is 0 Å². The van der Waals surface area contributed by atoms with Gasteiger partial charge in [0.15, 0.2) is 5.13 Å². The first kappa shape index (κ1) is 16.2. The largest absolute Gasteiger partial charge is 0.445 e. The highest BCUT2D eigenvalue weighted by Gasteiger charge is 2.22. The van der Waals surface area contributed by atoms with E-state index in [-0.39, 0.29) is 6.61 Å². The number of nitrogens with zero attached hydrogens (tertiary/aromatic N) is 1. The number of thiazole rings is 1. The summed E-state index contributed by atoms with van der Waals surface area (Å²) >= 11 is 17.7. The third kappa shape index (κ3) is 5.24. The Morgan fingerprint density at radius 1 is 1.33 bits per heavy atom. The van der Waals surface area contributed by atoms with E-state index < -0.39 is 9.89 Å². The van der Waals surface area contributed by atoms with Crippen LogP contribution in [-0.2, 0) is 4.74 Å². The molecule has 0 aliphatic carbocycles. The van der Waals surface area contributed by atoms with Crippen LogP contribution in [0.25, 0.3) is 11.3 Å². The Balaban J connectivity index is 1.97. The molecule has 0 saturated carbocycles. The molecule has 1 aromatic heterocycles. The van der Waals surface area contributed by atoms with Crippen LogP contribution < -0.4 is 11.1 Å². The first-order valence-electron chi connectivity index (χ1n) is 5.65. The maximum Gasteiger partial charge on any atom is 0.413 e. The molecule has 0 atom stereocenters. The third-order valence-electron chi connectivity index (χ3n) is 2.29. The van der Waals surface area contributed by atoms with Gasteiger partial charge in [-0.1, -0.05) is 46.9 Å². The number of carbonyl (C=O) groups excluding carboxylic acids is 1. The number of anilines is 2. The summed E-state index contributed by atoms with van der Waals surface area (Å²) < 4.78 is 3.10. The SMILES string of the molecule is Nc1ccc(-c2csc(NC(=O)OCC(Cl)(Cl)Cl)n2)cc1. The van der Waals surface area contributed by atoms with Crippen LogP contribution in [0.3, 0.4) is 0 Å². The lowest BCUT2D eigenvalue weighted by atomic mass is 10.1. The third-order valence-corrected chi connectivity index (χ3v) is 3.37. The van der Waals surface area contributed by atoms with Gasteiger partial charge in [0, 0.05) is 16.6 Å². The van der Waals surface area contributed by atoms with Crippen molar-refractivity contribution in [2.75, 3.05) is 17.7 Å². The van der Waals surface area contributed by atoms with Gasteiger partial charge in [0.2, 0.25) is 3.79 Å². The number of alkyl halides is 3. The van der Waals surface area contributed by atoms with E-state index in [0.717, 1.165) is 11.3 Å². The highest BCUT2D eigenvalue weighted by Crippen LogP contribution is 2.27. The Labute approximate surface area is 140 Å². The zero-order chi connectivity index (χ0) is 15.5. The van der Waals surface area contributed by atoms with Crippen LogP contribution in [0.1, 0.15) is 0 Å². The normalized spacial score (nSPS) is 11.2. The van der Waals surface area contributed by atoms with Crippen molar-refractivity contribution in [2.45, 2.75) is 3.79 Å². The minimum absolute atomic E-state index is 0.348. The van der Waals surface area contributed by atoms with Crippen LogP contribution in [-0.4, -0.2) is 21.5 Å². The molecule has 9 heteroatoms. The molecule has 0 unspecified atom stereocenters. The van der Waals surface area contributed by atoms with Crippen molar-refractivity contribution in [3.05, 3.63) is 29.6 Å². The molecular formula is C12H10Cl3N3O2S. The lowest BCUT2D eigenvalue weighted by Crippen LogP contribution is -2.21. The number of nitrogen functional groups attached to an aromatic ring is 1. The van der Waals surface area contributed by atoms with E-state index in [9.17, 15) is 4.79 Å². The molecule has 0 aliphatic heterocycles. The molecular weight excluding hydrogens is 357 g/mol.